The summed E-state index contributed by atoms with van der Waals surface area (Å²) in [7, 11) is -3.80. The second kappa shape index (κ2) is 9.26. The Morgan fingerprint density at radius 3 is 2.39 bits per heavy atom. The van der Waals surface area contributed by atoms with Crippen molar-refractivity contribution in [2.45, 2.75) is 24.8 Å². The smallest absolute Gasteiger partial charge is 0.339 e. The van der Waals surface area contributed by atoms with Crippen LogP contribution in [-0.4, -0.2) is 32.9 Å². The zero-order chi connectivity index (χ0) is 20.9. The molecule has 10 heteroatoms. The monoisotopic (exact) mass is 472 g/mol. The number of carbonyl (C=O) groups excluding carboxylic acids is 2. The number of esters is 1. The lowest BCUT2D eigenvalue weighted by Gasteiger charge is -2.12. The molecule has 0 aliphatic rings. The van der Waals surface area contributed by atoms with Crippen LogP contribution in [0.15, 0.2) is 51.8 Å². The van der Waals surface area contributed by atoms with Gasteiger partial charge in [-0.2, -0.15) is 0 Å². The molecule has 2 rings (SSSR count). The number of carbonyl (C=O) groups is 2. The van der Waals surface area contributed by atoms with Gasteiger partial charge in [0.2, 0.25) is 10.0 Å². The van der Waals surface area contributed by atoms with Gasteiger partial charge in [-0.3, -0.25) is 4.79 Å². The summed E-state index contributed by atoms with van der Waals surface area (Å²) >= 11 is 3.16. The predicted molar refractivity (Wildman–Crippen MR) is 105 cm³/mol. The van der Waals surface area contributed by atoms with Gasteiger partial charge in [0, 0.05) is 16.2 Å². The highest BCUT2D eigenvalue weighted by Gasteiger charge is 2.20. The third kappa shape index (κ3) is 6.11. The van der Waals surface area contributed by atoms with Crippen molar-refractivity contribution in [1.82, 2.24) is 4.72 Å². The number of rotatable bonds is 7. The number of hydrogen-bond donors (Lipinski definition) is 2. The fourth-order valence-corrected chi connectivity index (χ4v) is 3.83. The Bertz CT molecular complexity index is 978. The zero-order valence-corrected chi connectivity index (χ0v) is 17.4. The molecule has 0 heterocycles. The number of hydrogen-bond acceptors (Lipinski definition) is 5. The first-order valence-electron chi connectivity index (χ1n) is 8.13. The molecule has 0 aliphatic heterocycles. The van der Waals surface area contributed by atoms with Crippen LogP contribution >= 0.6 is 15.9 Å². The van der Waals surface area contributed by atoms with Crippen molar-refractivity contribution in [3.05, 3.63) is 58.3 Å². The number of benzene rings is 2. The molecule has 150 valence electrons. The van der Waals surface area contributed by atoms with Crippen LogP contribution in [0.3, 0.4) is 0 Å². The van der Waals surface area contributed by atoms with Crippen molar-refractivity contribution >= 4 is 43.5 Å². The summed E-state index contributed by atoms with van der Waals surface area (Å²) in [5.74, 6) is -1.94. The van der Waals surface area contributed by atoms with Crippen LogP contribution < -0.4 is 10.0 Å². The van der Waals surface area contributed by atoms with Gasteiger partial charge in [-0.25, -0.2) is 22.3 Å². The maximum atomic E-state index is 12.9. The largest absolute Gasteiger partial charge is 0.452 e. The van der Waals surface area contributed by atoms with E-state index in [1.807, 2.05) is 0 Å². The van der Waals surface area contributed by atoms with Crippen molar-refractivity contribution < 1.29 is 27.1 Å². The topological polar surface area (TPSA) is 102 Å². The predicted octanol–water partition coefficient (Wildman–Crippen LogP) is 3.07. The van der Waals surface area contributed by atoms with Crippen LogP contribution in [0, 0.1) is 5.82 Å². The van der Waals surface area contributed by atoms with Gasteiger partial charge in [0.25, 0.3) is 5.91 Å². The molecule has 2 aromatic rings. The minimum Gasteiger partial charge on any atom is -0.452 e. The Labute approximate surface area is 170 Å². The Morgan fingerprint density at radius 1 is 1.14 bits per heavy atom. The minimum atomic E-state index is -3.80. The fraction of sp³-hybridized carbons (Fsp3) is 0.222. The first-order chi connectivity index (χ1) is 13.1. The average molecular weight is 473 g/mol. The number of anilines is 1. The molecule has 0 atom stereocenters. The van der Waals surface area contributed by atoms with E-state index in [2.05, 4.69) is 26.0 Å². The van der Waals surface area contributed by atoms with Crippen LogP contribution in [0.2, 0.25) is 0 Å². The van der Waals surface area contributed by atoms with Gasteiger partial charge in [0.15, 0.2) is 6.61 Å². The molecule has 0 fully saturated rings. The molecule has 0 aromatic heterocycles. The number of halogens is 2. The van der Waals surface area contributed by atoms with Crippen LogP contribution in [0.1, 0.15) is 24.2 Å². The zero-order valence-electron chi connectivity index (χ0n) is 15.0. The van der Waals surface area contributed by atoms with Crippen molar-refractivity contribution in [2.24, 2.45) is 0 Å². The molecule has 0 unspecified atom stereocenters. The van der Waals surface area contributed by atoms with Crippen molar-refractivity contribution in [2.75, 3.05) is 11.9 Å². The lowest BCUT2D eigenvalue weighted by atomic mass is 10.2. The van der Waals surface area contributed by atoms with Crippen LogP contribution in [0.4, 0.5) is 10.1 Å². The molecule has 0 spiro atoms. The van der Waals surface area contributed by atoms with Gasteiger partial charge in [-0.15, -0.1) is 0 Å². The normalized spacial score (nSPS) is 11.3. The van der Waals surface area contributed by atoms with Crippen molar-refractivity contribution in [1.29, 1.82) is 0 Å². The summed E-state index contributed by atoms with van der Waals surface area (Å²) in [5, 5.41) is 2.45. The highest BCUT2D eigenvalue weighted by molar-refractivity contribution is 9.10. The molecule has 7 nitrogen and oxygen atoms in total. The highest BCUT2D eigenvalue weighted by atomic mass is 79.9. The van der Waals surface area contributed by atoms with Gasteiger partial charge in [0.1, 0.15) is 5.82 Å². The molecular formula is C18H18BrFN2O5S. The van der Waals surface area contributed by atoms with Crippen molar-refractivity contribution in [3.8, 4) is 0 Å². The van der Waals surface area contributed by atoms with E-state index in [0.717, 1.165) is 6.07 Å². The summed E-state index contributed by atoms with van der Waals surface area (Å²) < 4.78 is 45.0. The SMILES string of the molecule is CC(C)NS(=O)(=O)c1ccc(Br)c(C(=O)OCC(=O)Nc2ccc(F)cc2)c1. The van der Waals surface area contributed by atoms with Gasteiger partial charge >= 0.3 is 5.97 Å². The molecular weight excluding hydrogens is 455 g/mol. The molecule has 28 heavy (non-hydrogen) atoms. The summed E-state index contributed by atoms with van der Waals surface area (Å²) in [6.45, 7) is 2.75. The number of ether oxygens (including phenoxy) is 1. The second-order valence-electron chi connectivity index (χ2n) is 6.05. The molecule has 2 N–H and O–H groups in total. The van der Waals surface area contributed by atoms with Gasteiger partial charge in [-0.05, 0) is 72.2 Å². The maximum absolute atomic E-state index is 12.9. The Morgan fingerprint density at radius 2 is 1.79 bits per heavy atom. The van der Waals surface area contributed by atoms with E-state index in [1.54, 1.807) is 13.8 Å². The Hall–Kier alpha value is -2.30. The number of amides is 1. The van der Waals surface area contributed by atoms with Gasteiger partial charge < -0.3 is 10.1 Å². The number of nitrogens with one attached hydrogen (secondary N) is 2. The Kier molecular flexibility index (Phi) is 7.28. The second-order valence-corrected chi connectivity index (χ2v) is 8.62. The summed E-state index contributed by atoms with van der Waals surface area (Å²) in [6, 6.07) is 8.67. The van der Waals surface area contributed by atoms with E-state index < -0.39 is 34.3 Å². The third-order valence-electron chi connectivity index (χ3n) is 3.32. The molecule has 0 saturated carbocycles. The Balaban J connectivity index is 2.06. The van der Waals surface area contributed by atoms with E-state index >= 15 is 0 Å². The van der Waals surface area contributed by atoms with E-state index in [9.17, 15) is 22.4 Å². The summed E-state index contributed by atoms with van der Waals surface area (Å²) in [5.41, 5.74) is 0.303. The lowest BCUT2D eigenvalue weighted by Crippen LogP contribution is -2.30. The average Bonchev–Trinajstić information content (AvgIpc) is 2.61. The van der Waals surface area contributed by atoms with Crippen LogP contribution in [0.5, 0.6) is 0 Å². The molecule has 1 amide bonds. The van der Waals surface area contributed by atoms with E-state index in [4.69, 9.17) is 4.74 Å². The third-order valence-corrected chi connectivity index (χ3v) is 5.67. The van der Waals surface area contributed by atoms with Crippen LogP contribution in [-0.2, 0) is 19.6 Å². The van der Waals surface area contributed by atoms with E-state index in [1.165, 1.54) is 36.4 Å². The molecule has 2 aromatic carbocycles. The van der Waals surface area contributed by atoms with Gasteiger partial charge in [-0.1, -0.05) is 0 Å². The molecule has 0 bridgehead atoms. The first-order valence-corrected chi connectivity index (χ1v) is 10.4. The molecule has 0 saturated heterocycles. The fourth-order valence-electron chi connectivity index (χ4n) is 2.15. The quantitative estimate of drug-likeness (QED) is 0.602. The number of sulfonamides is 1. The minimum absolute atomic E-state index is 0.0405. The van der Waals surface area contributed by atoms with E-state index in [-0.39, 0.29) is 16.5 Å². The van der Waals surface area contributed by atoms with Crippen LogP contribution in [0.25, 0.3) is 0 Å². The lowest BCUT2D eigenvalue weighted by molar-refractivity contribution is -0.119. The summed E-state index contributed by atoms with van der Waals surface area (Å²) in [6.07, 6.45) is 0. The highest BCUT2D eigenvalue weighted by Crippen LogP contribution is 2.22. The first kappa shape index (κ1) is 22.0. The van der Waals surface area contributed by atoms with Crippen molar-refractivity contribution in [3.63, 3.8) is 0 Å². The van der Waals surface area contributed by atoms with Gasteiger partial charge in [0.05, 0.1) is 10.5 Å². The molecule has 0 aliphatic carbocycles. The molecule has 0 radical (unpaired) electrons. The standard InChI is InChI=1S/C18H18BrFN2O5S/c1-11(2)22-28(25,26)14-7-8-16(19)15(9-14)18(24)27-10-17(23)21-13-5-3-12(20)4-6-13/h3-9,11,22H,10H2,1-2H3,(H,21,23). The maximum Gasteiger partial charge on any atom is 0.339 e. The summed E-state index contributed by atoms with van der Waals surface area (Å²) in [4.78, 5) is 24.0. The van der Waals surface area contributed by atoms with E-state index in [0.29, 0.717) is 10.2 Å².